The molecule has 2 aromatic rings. The normalized spacial score (nSPS) is 13.1. The second kappa shape index (κ2) is 9.20. The topological polar surface area (TPSA) is 81.4 Å². The van der Waals surface area contributed by atoms with Crippen molar-refractivity contribution >= 4 is 23.2 Å². The van der Waals surface area contributed by atoms with E-state index >= 15 is 0 Å². The monoisotopic (exact) mass is 346 g/mol. The zero-order valence-electron chi connectivity index (χ0n) is 13.6. The number of carbonyl (C=O) groups excluding carboxylic acids is 2. The van der Waals surface area contributed by atoms with Gasteiger partial charge in [-0.2, -0.15) is 0 Å². The van der Waals surface area contributed by atoms with Crippen LogP contribution in [0.15, 0.2) is 47.8 Å². The van der Waals surface area contributed by atoms with Gasteiger partial charge in [-0.1, -0.05) is 36.4 Å². The Bertz CT molecular complexity index is 644. The Morgan fingerprint density at radius 2 is 1.92 bits per heavy atom. The van der Waals surface area contributed by atoms with Gasteiger partial charge in [0.15, 0.2) is 0 Å². The van der Waals surface area contributed by atoms with E-state index in [1.165, 1.54) is 18.4 Å². The first-order valence-electron chi connectivity index (χ1n) is 7.77. The lowest BCUT2D eigenvalue weighted by Crippen LogP contribution is -2.44. The highest BCUT2D eigenvalue weighted by atomic mass is 32.1. The number of nitrogens with two attached hydrogens (primary N) is 1. The molecular formula is C18H22N2O3S. The Kier molecular flexibility index (Phi) is 6.96. The van der Waals surface area contributed by atoms with Crippen LogP contribution in [0.1, 0.15) is 16.9 Å². The minimum absolute atomic E-state index is 0.160. The van der Waals surface area contributed by atoms with Gasteiger partial charge in [0.2, 0.25) is 5.91 Å². The van der Waals surface area contributed by atoms with Crippen molar-refractivity contribution in [1.29, 1.82) is 0 Å². The van der Waals surface area contributed by atoms with E-state index in [0.29, 0.717) is 12.8 Å². The molecule has 0 saturated heterocycles. The number of benzene rings is 1. The average molecular weight is 346 g/mol. The molecule has 3 N–H and O–H groups in total. The Morgan fingerprint density at radius 1 is 1.17 bits per heavy atom. The van der Waals surface area contributed by atoms with Crippen LogP contribution in [0.5, 0.6) is 0 Å². The summed E-state index contributed by atoms with van der Waals surface area (Å²) < 4.78 is 4.78. The van der Waals surface area contributed by atoms with Crippen LogP contribution >= 0.6 is 11.3 Å². The number of carbonyl (C=O) groups is 2. The van der Waals surface area contributed by atoms with Gasteiger partial charge in [0.25, 0.3) is 0 Å². The molecule has 128 valence electrons. The number of hydrogen-bond acceptors (Lipinski definition) is 5. The number of amides is 1. The van der Waals surface area contributed by atoms with Gasteiger partial charge in [-0.3, -0.25) is 4.79 Å². The Morgan fingerprint density at radius 3 is 2.54 bits per heavy atom. The molecule has 0 aliphatic heterocycles. The zero-order chi connectivity index (χ0) is 17.4. The molecule has 0 aliphatic rings. The summed E-state index contributed by atoms with van der Waals surface area (Å²) in [5.41, 5.74) is 7.14. The second-order valence-electron chi connectivity index (χ2n) is 5.58. The molecule has 0 aliphatic carbocycles. The van der Waals surface area contributed by atoms with Gasteiger partial charge in [-0.15, -0.1) is 11.3 Å². The van der Waals surface area contributed by atoms with Crippen LogP contribution in [0.3, 0.4) is 0 Å². The molecule has 1 aromatic heterocycles. The van der Waals surface area contributed by atoms with Crippen molar-refractivity contribution in [1.82, 2.24) is 5.32 Å². The fraction of sp³-hybridized carbons (Fsp3) is 0.333. The molecule has 1 heterocycles. The first-order valence-corrected chi connectivity index (χ1v) is 8.65. The molecule has 0 fully saturated rings. The van der Waals surface area contributed by atoms with Gasteiger partial charge in [-0.25, -0.2) is 4.79 Å². The van der Waals surface area contributed by atoms with Crippen molar-refractivity contribution in [2.24, 2.45) is 5.73 Å². The minimum Gasteiger partial charge on any atom is -0.467 e. The molecule has 0 bridgehead atoms. The Labute approximate surface area is 145 Å². The molecule has 2 atom stereocenters. The zero-order valence-corrected chi connectivity index (χ0v) is 14.4. The molecule has 2 rings (SSSR count). The highest BCUT2D eigenvalue weighted by Gasteiger charge is 2.23. The summed E-state index contributed by atoms with van der Waals surface area (Å²) in [5.74, 6) is -0.696. The number of nitrogens with one attached hydrogen (secondary N) is 1. The number of ether oxygens (including phenoxy) is 1. The van der Waals surface area contributed by atoms with Crippen LogP contribution in [0.2, 0.25) is 0 Å². The van der Waals surface area contributed by atoms with Crippen LogP contribution in [-0.2, 0) is 27.2 Å². The molecular weight excluding hydrogens is 324 g/mol. The Balaban J connectivity index is 1.88. The standard InChI is InChI=1S/C18H22N2O3S/c1-23-18(22)16(12-15-8-5-9-24-15)20-17(21)11-14(19)10-13-6-3-2-4-7-13/h2-9,14,16H,10-12,19H2,1H3,(H,20,21)/t14-,16?/m1/s1. The molecule has 1 unspecified atom stereocenters. The molecule has 1 amide bonds. The fourth-order valence-electron chi connectivity index (χ4n) is 2.45. The molecule has 0 spiro atoms. The van der Waals surface area contributed by atoms with E-state index in [4.69, 9.17) is 10.5 Å². The van der Waals surface area contributed by atoms with Crippen LogP contribution in [-0.4, -0.2) is 31.1 Å². The smallest absolute Gasteiger partial charge is 0.328 e. The molecule has 0 saturated carbocycles. The van der Waals surface area contributed by atoms with E-state index in [9.17, 15) is 9.59 Å². The first-order chi connectivity index (χ1) is 11.6. The van der Waals surface area contributed by atoms with Crippen LogP contribution in [0.25, 0.3) is 0 Å². The first kappa shape index (κ1) is 18.2. The average Bonchev–Trinajstić information content (AvgIpc) is 3.07. The third-order valence-electron chi connectivity index (χ3n) is 3.59. The molecule has 6 heteroatoms. The van der Waals surface area contributed by atoms with Gasteiger partial charge >= 0.3 is 5.97 Å². The summed E-state index contributed by atoms with van der Waals surface area (Å²) in [6.07, 6.45) is 1.19. The van der Waals surface area contributed by atoms with E-state index in [-0.39, 0.29) is 18.4 Å². The summed E-state index contributed by atoms with van der Waals surface area (Å²) in [7, 11) is 1.32. The van der Waals surface area contributed by atoms with Gasteiger partial charge < -0.3 is 15.8 Å². The van der Waals surface area contributed by atoms with Crippen molar-refractivity contribution < 1.29 is 14.3 Å². The van der Waals surface area contributed by atoms with Gasteiger partial charge in [-0.05, 0) is 23.4 Å². The predicted molar refractivity (Wildman–Crippen MR) is 94.7 cm³/mol. The van der Waals surface area contributed by atoms with E-state index in [1.807, 2.05) is 47.8 Å². The van der Waals surface area contributed by atoms with Crippen molar-refractivity contribution in [3.8, 4) is 0 Å². The number of methoxy groups -OCH3 is 1. The second-order valence-corrected chi connectivity index (χ2v) is 6.61. The maximum Gasteiger partial charge on any atom is 0.328 e. The molecule has 1 aromatic carbocycles. The maximum absolute atomic E-state index is 12.2. The van der Waals surface area contributed by atoms with E-state index in [0.717, 1.165) is 10.4 Å². The van der Waals surface area contributed by atoms with E-state index in [1.54, 1.807) is 0 Å². The third-order valence-corrected chi connectivity index (χ3v) is 4.49. The third kappa shape index (κ3) is 5.79. The number of esters is 1. The van der Waals surface area contributed by atoms with Crippen molar-refractivity contribution in [2.75, 3.05) is 7.11 Å². The summed E-state index contributed by atoms with van der Waals surface area (Å²) in [4.78, 5) is 25.1. The highest BCUT2D eigenvalue weighted by molar-refractivity contribution is 7.09. The minimum atomic E-state index is -0.690. The maximum atomic E-state index is 12.2. The largest absolute Gasteiger partial charge is 0.467 e. The van der Waals surface area contributed by atoms with Crippen LogP contribution in [0, 0.1) is 0 Å². The lowest BCUT2D eigenvalue weighted by Gasteiger charge is -2.17. The van der Waals surface area contributed by atoms with Gasteiger partial charge in [0, 0.05) is 23.8 Å². The quantitative estimate of drug-likeness (QED) is 0.716. The predicted octanol–water partition coefficient (Wildman–Crippen LogP) is 1.91. The van der Waals surface area contributed by atoms with Crippen LogP contribution in [0.4, 0.5) is 0 Å². The lowest BCUT2D eigenvalue weighted by molar-refractivity contribution is -0.145. The van der Waals surface area contributed by atoms with Crippen molar-refractivity contribution in [2.45, 2.75) is 31.3 Å². The fourth-order valence-corrected chi connectivity index (χ4v) is 3.20. The molecule has 24 heavy (non-hydrogen) atoms. The van der Waals surface area contributed by atoms with Crippen molar-refractivity contribution in [3.05, 3.63) is 58.3 Å². The number of thiophene rings is 1. The van der Waals surface area contributed by atoms with Crippen molar-refractivity contribution in [3.63, 3.8) is 0 Å². The van der Waals surface area contributed by atoms with E-state index in [2.05, 4.69) is 5.32 Å². The number of rotatable bonds is 8. The summed E-state index contributed by atoms with van der Waals surface area (Å²) >= 11 is 1.54. The van der Waals surface area contributed by atoms with Crippen LogP contribution < -0.4 is 11.1 Å². The SMILES string of the molecule is COC(=O)C(Cc1cccs1)NC(=O)C[C@H](N)Cc1ccccc1. The number of hydrogen-bond donors (Lipinski definition) is 2. The molecule has 5 nitrogen and oxygen atoms in total. The molecule has 0 radical (unpaired) electrons. The highest BCUT2D eigenvalue weighted by Crippen LogP contribution is 2.12. The lowest BCUT2D eigenvalue weighted by atomic mass is 10.0. The van der Waals surface area contributed by atoms with Gasteiger partial charge in [0.05, 0.1) is 7.11 Å². The summed E-state index contributed by atoms with van der Waals surface area (Å²) in [6.45, 7) is 0. The summed E-state index contributed by atoms with van der Waals surface area (Å²) in [5, 5.41) is 4.67. The Hall–Kier alpha value is -2.18. The summed E-state index contributed by atoms with van der Waals surface area (Å²) in [6, 6.07) is 12.6. The van der Waals surface area contributed by atoms with Gasteiger partial charge in [0.1, 0.15) is 6.04 Å². The van der Waals surface area contributed by atoms with E-state index < -0.39 is 12.0 Å².